The first-order valence-corrected chi connectivity index (χ1v) is 9.19. The average Bonchev–Trinajstić information content (AvgIpc) is 2.63. The Bertz CT molecular complexity index is 555. The highest BCUT2D eigenvalue weighted by Crippen LogP contribution is 2.03. The summed E-state index contributed by atoms with van der Waals surface area (Å²) in [5, 5.41) is 39.4. The van der Waals surface area contributed by atoms with Gasteiger partial charge in [-0.15, -0.1) is 0 Å². The summed E-state index contributed by atoms with van der Waals surface area (Å²) in [6.07, 6.45) is 20.6. The molecule has 0 aromatic carbocycles. The van der Waals surface area contributed by atoms with Crippen molar-refractivity contribution in [3.05, 3.63) is 72.9 Å². The zero-order valence-corrected chi connectivity index (χ0v) is 15.9. The molecule has 0 heterocycles. The third kappa shape index (κ3) is 17.0. The Morgan fingerprint density at radius 2 is 1.44 bits per heavy atom. The van der Waals surface area contributed by atoms with Crippen LogP contribution in [0.25, 0.3) is 0 Å². The molecule has 0 saturated heterocycles. The number of allylic oxidation sites excluding steroid dienone is 8. The molecule has 3 N–H and O–H groups in total. The first-order valence-electron chi connectivity index (χ1n) is 9.19. The number of hydrogen-bond donors (Lipinski definition) is 3. The van der Waals surface area contributed by atoms with Gasteiger partial charge in [0.15, 0.2) is 0 Å². The minimum atomic E-state index is -1.08. The van der Waals surface area contributed by atoms with Crippen LogP contribution in [-0.2, 0) is 4.79 Å². The van der Waals surface area contributed by atoms with E-state index in [1.807, 2.05) is 19.1 Å². The van der Waals surface area contributed by atoms with Crippen LogP contribution in [-0.4, -0.2) is 39.6 Å². The van der Waals surface area contributed by atoms with E-state index in [2.05, 4.69) is 0 Å². The predicted molar refractivity (Wildman–Crippen MR) is 107 cm³/mol. The largest absolute Gasteiger partial charge is 0.550 e. The number of rotatable bonds is 14. The van der Waals surface area contributed by atoms with E-state index in [0.717, 1.165) is 6.42 Å². The second kappa shape index (κ2) is 17.2. The molecule has 3 atom stereocenters. The van der Waals surface area contributed by atoms with E-state index < -0.39 is 24.3 Å². The van der Waals surface area contributed by atoms with Crippen LogP contribution in [0.1, 0.15) is 39.0 Å². The molecule has 0 aromatic heterocycles. The Morgan fingerprint density at radius 1 is 0.852 bits per heavy atom. The van der Waals surface area contributed by atoms with E-state index in [-0.39, 0.29) is 6.42 Å². The average molecular weight is 375 g/mol. The molecule has 0 spiro atoms. The molecule has 0 aliphatic rings. The summed E-state index contributed by atoms with van der Waals surface area (Å²) in [4.78, 5) is 10.2. The van der Waals surface area contributed by atoms with Gasteiger partial charge in [0.1, 0.15) is 0 Å². The van der Waals surface area contributed by atoms with Gasteiger partial charge in [-0.05, 0) is 32.1 Å². The maximum atomic E-state index is 10.2. The molecule has 0 fully saturated rings. The van der Waals surface area contributed by atoms with Crippen molar-refractivity contribution < 1.29 is 25.2 Å². The van der Waals surface area contributed by atoms with Gasteiger partial charge in [-0.3, -0.25) is 0 Å². The first-order chi connectivity index (χ1) is 13.0. The number of aliphatic hydroxyl groups is 3. The van der Waals surface area contributed by atoms with Crippen LogP contribution in [0.4, 0.5) is 0 Å². The second-order valence-electron chi connectivity index (χ2n) is 5.90. The molecule has 0 aliphatic carbocycles. The summed E-state index contributed by atoms with van der Waals surface area (Å²) < 4.78 is 0. The second-order valence-corrected chi connectivity index (χ2v) is 5.90. The summed E-state index contributed by atoms with van der Waals surface area (Å²) in [5.74, 6) is -1.08. The molecule has 27 heavy (non-hydrogen) atoms. The van der Waals surface area contributed by atoms with E-state index in [0.29, 0.717) is 19.3 Å². The Labute approximate surface area is 162 Å². The molecular formula is C22H31O5-. The van der Waals surface area contributed by atoms with Crippen LogP contribution in [0.5, 0.6) is 0 Å². The van der Waals surface area contributed by atoms with Gasteiger partial charge in [0.2, 0.25) is 0 Å². The van der Waals surface area contributed by atoms with Gasteiger partial charge in [0.05, 0.1) is 18.3 Å². The van der Waals surface area contributed by atoms with Crippen molar-refractivity contribution in [2.45, 2.75) is 57.3 Å². The summed E-state index contributed by atoms with van der Waals surface area (Å²) in [7, 11) is 0. The van der Waals surface area contributed by atoms with Crippen LogP contribution in [0.15, 0.2) is 72.9 Å². The zero-order valence-electron chi connectivity index (χ0n) is 15.9. The number of carboxylic acids is 1. The minimum absolute atomic E-state index is 0.0160. The number of carbonyl (C=O) groups excluding carboxylic acids is 1. The molecule has 0 aliphatic heterocycles. The highest BCUT2D eigenvalue weighted by molar-refractivity contribution is 5.64. The number of carboxylic acid groups (broad SMARTS) is 1. The van der Waals surface area contributed by atoms with Crippen LogP contribution >= 0.6 is 0 Å². The van der Waals surface area contributed by atoms with Crippen LogP contribution < -0.4 is 5.11 Å². The van der Waals surface area contributed by atoms with Gasteiger partial charge in [-0.2, -0.15) is 0 Å². The zero-order chi connectivity index (χ0) is 20.3. The van der Waals surface area contributed by atoms with Crippen LogP contribution in [0.3, 0.4) is 0 Å². The highest BCUT2D eigenvalue weighted by Gasteiger charge is 2.10. The molecule has 0 aromatic rings. The summed E-state index contributed by atoms with van der Waals surface area (Å²) in [6.45, 7) is 2.01. The van der Waals surface area contributed by atoms with Crippen molar-refractivity contribution in [2.75, 3.05) is 0 Å². The van der Waals surface area contributed by atoms with E-state index in [1.54, 1.807) is 54.7 Å². The lowest BCUT2D eigenvalue weighted by Gasteiger charge is -2.11. The number of aliphatic carboxylic acids is 1. The van der Waals surface area contributed by atoms with Crippen molar-refractivity contribution in [1.29, 1.82) is 0 Å². The molecular weight excluding hydrogens is 344 g/mol. The predicted octanol–water partition coefficient (Wildman–Crippen LogP) is 2.13. The maximum absolute atomic E-state index is 10.2. The molecule has 0 amide bonds. The Hall–Kier alpha value is -2.21. The Kier molecular flexibility index (Phi) is 15.8. The number of carbonyl (C=O) groups is 1. The molecule has 0 radical (unpaired) electrons. The standard InChI is InChI=1S/C22H32O5/c1-2-3-9-16-20(24)21(25)17-12-7-5-4-6-10-14-19(23)15-11-8-13-18-22(26)27/h3-12,14,17,19-21,23-25H,2,13,15-16,18H2,1H3,(H,26,27)/p-1/b6-4-,7-5+,9-3-,11-8-,14-10+,17-12+/t19-,20+,21-/m1/s1. The summed E-state index contributed by atoms with van der Waals surface area (Å²) in [6, 6.07) is 0. The number of aliphatic hydroxyl groups excluding tert-OH is 3. The van der Waals surface area contributed by atoms with E-state index >= 15 is 0 Å². The van der Waals surface area contributed by atoms with E-state index in [4.69, 9.17) is 0 Å². The fraction of sp³-hybridized carbons (Fsp3) is 0.409. The van der Waals surface area contributed by atoms with Gasteiger partial charge in [0, 0.05) is 5.97 Å². The van der Waals surface area contributed by atoms with Gasteiger partial charge in [-0.1, -0.05) is 79.8 Å². The molecule has 0 bridgehead atoms. The lowest BCUT2D eigenvalue weighted by Crippen LogP contribution is -2.22. The van der Waals surface area contributed by atoms with E-state index in [9.17, 15) is 25.2 Å². The van der Waals surface area contributed by atoms with Gasteiger partial charge < -0.3 is 25.2 Å². The molecule has 5 nitrogen and oxygen atoms in total. The Morgan fingerprint density at radius 3 is 2.07 bits per heavy atom. The molecule has 0 unspecified atom stereocenters. The third-order valence-electron chi connectivity index (χ3n) is 3.43. The molecule has 5 heteroatoms. The fourth-order valence-electron chi connectivity index (χ4n) is 1.93. The highest BCUT2D eigenvalue weighted by atomic mass is 16.4. The SMILES string of the molecule is CC/C=C\C[C@H](O)[C@H](O)/C=C/C=C/C=C\C=C\[C@@H](O)C/C=C\CCC(=O)[O-]. The summed E-state index contributed by atoms with van der Waals surface area (Å²) in [5.41, 5.74) is 0. The van der Waals surface area contributed by atoms with Crippen molar-refractivity contribution in [1.82, 2.24) is 0 Å². The first kappa shape index (κ1) is 24.8. The van der Waals surface area contributed by atoms with Crippen LogP contribution in [0, 0.1) is 0 Å². The molecule has 150 valence electrons. The van der Waals surface area contributed by atoms with Gasteiger partial charge in [0.25, 0.3) is 0 Å². The quantitative estimate of drug-likeness (QED) is 0.319. The van der Waals surface area contributed by atoms with Crippen molar-refractivity contribution in [3.8, 4) is 0 Å². The number of hydrogen-bond acceptors (Lipinski definition) is 5. The summed E-state index contributed by atoms with van der Waals surface area (Å²) >= 11 is 0. The molecule has 0 saturated carbocycles. The van der Waals surface area contributed by atoms with Crippen LogP contribution in [0.2, 0.25) is 0 Å². The lowest BCUT2D eigenvalue weighted by atomic mass is 10.1. The lowest BCUT2D eigenvalue weighted by molar-refractivity contribution is -0.305. The molecule has 0 rings (SSSR count). The van der Waals surface area contributed by atoms with Gasteiger partial charge in [-0.25, -0.2) is 0 Å². The maximum Gasteiger partial charge on any atom is 0.0986 e. The van der Waals surface area contributed by atoms with Crippen molar-refractivity contribution >= 4 is 5.97 Å². The minimum Gasteiger partial charge on any atom is -0.550 e. The smallest absolute Gasteiger partial charge is 0.0986 e. The topological polar surface area (TPSA) is 101 Å². The van der Waals surface area contributed by atoms with Crippen molar-refractivity contribution in [2.24, 2.45) is 0 Å². The fourth-order valence-corrected chi connectivity index (χ4v) is 1.93. The Balaban J connectivity index is 4.03. The normalized spacial score (nSPS) is 16.6. The third-order valence-corrected chi connectivity index (χ3v) is 3.43. The van der Waals surface area contributed by atoms with Crippen molar-refractivity contribution in [3.63, 3.8) is 0 Å². The van der Waals surface area contributed by atoms with E-state index in [1.165, 1.54) is 6.08 Å². The van der Waals surface area contributed by atoms with Gasteiger partial charge >= 0.3 is 0 Å². The monoisotopic (exact) mass is 375 g/mol.